The van der Waals surface area contributed by atoms with Crippen LogP contribution in [0.4, 0.5) is 10.8 Å². The predicted molar refractivity (Wildman–Crippen MR) is 130 cm³/mol. The summed E-state index contributed by atoms with van der Waals surface area (Å²) in [7, 11) is 3.91. The summed E-state index contributed by atoms with van der Waals surface area (Å²) in [5, 5.41) is 3.92. The number of nitrogens with one attached hydrogen (secondary N) is 1. The van der Waals surface area contributed by atoms with Gasteiger partial charge in [0, 0.05) is 38.4 Å². The number of amides is 2. The highest BCUT2D eigenvalue weighted by Crippen LogP contribution is 2.34. The van der Waals surface area contributed by atoms with E-state index >= 15 is 0 Å². The second-order valence-corrected chi connectivity index (χ2v) is 10.9. The Balaban J connectivity index is 1.52. The Kier molecular flexibility index (Phi) is 6.03. The Morgan fingerprint density at radius 1 is 1.13 bits per heavy atom. The van der Waals surface area contributed by atoms with Crippen molar-refractivity contribution in [3.63, 3.8) is 0 Å². The fraction of sp³-hybridized carbons (Fsp3) is 0.435. The van der Waals surface area contributed by atoms with E-state index < -0.39 is 0 Å². The highest BCUT2D eigenvalue weighted by Gasteiger charge is 2.26. The van der Waals surface area contributed by atoms with Crippen molar-refractivity contribution < 1.29 is 9.59 Å². The molecule has 3 aromatic rings. The molecule has 6 nitrogen and oxygen atoms in total. The van der Waals surface area contributed by atoms with Gasteiger partial charge in [-0.25, -0.2) is 4.98 Å². The third-order valence-electron chi connectivity index (χ3n) is 5.57. The van der Waals surface area contributed by atoms with Crippen LogP contribution >= 0.6 is 22.7 Å². The second kappa shape index (κ2) is 8.59. The molecule has 0 saturated carbocycles. The normalized spacial score (nSPS) is 18.9. The van der Waals surface area contributed by atoms with Crippen LogP contribution < -0.4 is 10.2 Å². The van der Waals surface area contributed by atoms with Gasteiger partial charge in [-0.3, -0.25) is 9.59 Å². The zero-order chi connectivity index (χ0) is 22.3. The largest absolute Gasteiger partial charge is 0.354 e. The number of thiophene rings is 1. The van der Waals surface area contributed by atoms with Crippen molar-refractivity contribution in [1.29, 1.82) is 0 Å². The predicted octanol–water partition coefficient (Wildman–Crippen LogP) is 5.10. The molecule has 0 bridgehead atoms. The summed E-state index contributed by atoms with van der Waals surface area (Å²) in [6, 6.07) is 7.45. The zero-order valence-electron chi connectivity index (χ0n) is 18.6. The van der Waals surface area contributed by atoms with Crippen molar-refractivity contribution in [1.82, 2.24) is 9.88 Å². The number of hydrogen-bond acceptors (Lipinski definition) is 6. The number of carbonyl (C=O) groups is 2. The van der Waals surface area contributed by atoms with Gasteiger partial charge in [-0.1, -0.05) is 31.3 Å². The number of thiazole rings is 1. The number of rotatable bonds is 4. The lowest BCUT2D eigenvalue weighted by atomic mass is 9.91. The van der Waals surface area contributed by atoms with E-state index in [9.17, 15) is 9.59 Å². The monoisotopic (exact) mass is 456 g/mol. The van der Waals surface area contributed by atoms with E-state index in [1.165, 1.54) is 11.3 Å². The number of carbonyl (C=O) groups excluding carboxylic acids is 2. The first kappa shape index (κ1) is 21.8. The van der Waals surface area contributed by atoms with Crippen molar-refractivity contribution in [3.05, 3.63) is 40.3 Å². The summed E-state index contributed by atoms with van der Waals surface area (Å²) in [5.74, 6) is 0.874. The number of hydrogen-bond donors (Lipinski definition) is 1. The van der Waals surface area contributed by atoms with Crippen LogP contribution in [0.25, 0.3) is 9.53 Å². The molecule has 1 aliphatic heterocycles. The van der Waals surface area contributed by atoms with Crippen molar-refractivity contribution in [2.24, 2.45) is 11.8 Å². The fourth-order valence-electron chi connectivity index (χ4n) is 4.11. The Hall–Kier alpha value is -2.45. The molecule has 8 heteroatoms. The minimum atomic E-state index is -0.172. The number of aromatic nitrogens is 1. The Labute approximate surface area is 190 Å². The van der Waals surface area contributed by atoms with Gasteiger partial charge in [0.15, 0.2) is 5.13 Å². The number of benzene rings is 1. The number of nitrogens with zero attached hydrogens (tertiary/aromatic N) is 3. The highest BCUT2D eigenvalue weighted by molar-refractivity contribution is 7.29. The number of piperidine rings is 1. The molecule has 1 fully saturated rings. The lowest BCUT2D eigenvalue weighted by Crippen LogP contribution is -2.42. The van der Waals surface area contributed by atoms with Crippen molar-refractivity contribution in [2.45, 2.75) is 27.2 Å². The van der Waals surface area contributed by atoms with E-state index in [4.69, 9.17) is 0 Å². The van der Waals surface area contributed by atoms with Crippen molar-refractivity contribution in [2.75, 3.05) is 37.4 Å². The van der Waals surface area contributed by atoms with Gasteiger partial charge in [0.1, 0.15) is 4.83 Å². The molecular formula is C23H28N4O2S2. The summed E-state index contributed by atoms with van der Waals surface area (Å²) in [6.45, 7) is 7.89. The van der Waals surface area contributed by atoms with Crippen LogP contribution in [-0.4, -0.2) is 48.9 Å². The van der Waals surface area contributed by atoms with Crippen LogP contribution in [0.15, 0.2) is 24.3 Å². The molecule has 2 atom stereocenters. The maximum atomic E-state index is 13.1. The molecule has 1 saturated heterocycles. The average Bonchev–Trinajstić information content (AvgIpc) is 3.28. The third kappa shape index (κ3) is 4.60. The van der Waals surface area contributed by atoms with Gasteiger partial charge >= 0.3 is 0 Å². The third-order valence-corrected chi connectivity index (χ3v) is 7.90. The molecule has 31 heavy (non-hydrogen) atoms. The van der Waals surface area contributed by atoms with Gasteiger partial charge in [0.2, 0.25) is 0 Å². The average molecular weight is 457 g/mol. The molecule has 2 unspecified atom stereocenters. The minimum Gasteiger partial charge on any atom is -0.354 e. The molecule has 0 radical (unpaired) electrons. The second-order valence-electron chi connectivity index (χ2n) is 8.81. The van der Waals surface area contributed by atoms with Gasteiger partial charge in [-0.05, 0) is 48.9 Å². The zero-order valence-corrected chi connectivity index (χ0v) is 20.2. The van der Waals surface area contributed by atoms with Crippen LogP contribution in [0.3, 0.4) is 0 Å². The summed E-state index contributed by atoms with van der Waals surface area (Å²) in [4.78, 5) is 35.9. The Bertz CT molecular complexity index is 1090. The standard InChI is InChI=1S/C23H28N4O2S2/c1-13-8-14(2)12-27(11-13)22(29)16-7-6-15(3)17(9-16)24-20(28)18-10-19-21(30-18)25-23(31-19)26(4)5/h6-7,9-10,13-14H,8,11-12H2,1-5H3,(H,24,28). The number of likely N-dealkylation sites (tertiary alicyclic amines) is 1. The van der Waals surface area contributed by atoms with Crippen LogP contribution in [0, 0.1) is 18.8 Å². The number of anilines is 2. The first-order valence-corrected chi connectivity index (χ1v) is 12.1. The van der Waals surface area contributed by atoms with Gasteiger partial charge in [0.05, 0.1) is 9.58 Å². The van der Waals surface area contributed by atoms with E-state index in [-0.39, 0.29) is 11.8 Å². The molecule has 3 heterocycles. The first-order chi connectivity index (χ1) is 14.7. The Morgan fingerprint density at radius 2 is 1.84 bits per heavy atom. The maximum Gasteiger partial charge on any atom is 0.265 e. The van der Waals surface area contributed by atoms with Crippen LogP contribution in [0.5, 0.6) is 0 Å². The van der Waals surface area contributed by atoms with Gasteiger partial charge < -0.3 is 15.1 Å². The topological polar surface area (TPSA) is 65.5 Å². The summed E-state index contributed by atoms with van der Waals surface area (Å²) >= 11 is 2.96. The summed E-state index contributed by atoms with van der Waals surface area (Å²) in [6.07, 6.45) is 1.15. The first-order valence-electron chi connectivity index (χ1n) is 10.5. The van der Waals surface area contributed by atoms with Crippen LogP contribution in [0.1, 0.15) is 45.9 Å². The van der Waals surface area contributed by atoms with Gasteiger partial charge in [-0.15, -0.1) is 11.3 Å². The molecule has 1 aliphatic rings. The van der Waals surface area contributed by atoms with Gasteiger partial charge in [-0.2, -0.15) is 0 Å². The molecule has 2 amide bonds. The lowest BCUT2D eigenvalue weighted by molar-refractivity contribution is 0.0623. The molecule has 0 spiro atoms. The highest BCUT2D eigenvalue weighted by atomic mass is 32.1. The van der Waals surface area contributed by atoms with E-state index in [1.807, 2.05) is 49.0 Å². The van der Waals surface area contributed by atoms with E-state index in [1.54, 1.807) is 17.4 Å². The summed E-state index contributed by atoms with van der Waals surface area (Å²) < 4.78 is 1.01. The molecule has 164 valence electrons. The van der Waals surface area contributed by atoms with E-state index in [0.717, 1.165) is 39.7 Å². The van der Waals surface area contributed by atoms with Crippen molar-refractivity contribution >= 4 is 54.8 Å². The summed E-state index contributed by atoms with van der Waals surface area (Å²) in [5.41, 5.74) is 2.22. The van der Waals surface area contributed by atoms with E-state index in [2.05, 4.69) is 24.1 Å². The number of fused-ring (bicyclic) bond motifs is 1. The molecule has 1 aromatic carbocycles. The maximum absolute atomic E-state index is 13.1. The molecule has 1 N–H and O–H groups in total. The smallest absolute Gasteiger partial charge is 0.265 e. The minimum absolute atomic E-state index is 0.0333. The molecule has 0 aliphatic carbocycles. The fourth-order valence-corrected chi connectivity index (χ4v) is 6.14. The quantitative estimate of drug-likeness (QED) is 0.593. The Morgan fingerprint density at radius 3 is 2.48 bits per heavy atom. The van der Waals surface area contributed by atoms with Crippen molar-refractivity contribution in [3.8, 4) is 0 Å². The van der Waals surface area contributed by atoms with E-state index in [0.29, 0.717) is 28.0 Å². The number of aryl methyl sites for hydroxylation is 1. The molecule has 2 aromatic heterocycles. The lowest BCUT2D eigenvalue weighted by Gasteiger charge is -2.35. The van der Waals surface area contributed by atoms with Gasteiger partial charge in [0.25, 0.3) is 11.8 Å². The van der Waals surface area contributed by atoms with Crippen LogP contribution in [0.2, 0.25) is 0 Å². The molecular weight excluding hydrogens is 428 g/mol. The molecule has 4 rings (SSSR count). The SMILES string of the molecule is Cc1ccc(C(=O)N2CC(C)CC(C)C2)cc1NC(=O)c1cc2sc(N(C)C)nc2s1. The van der Waals surface area contributed by atoms with Crippen LogP contribution in [-0.2, 0) is 0 Å².